The molecule has 0 saturated heterocycles. The summed E-state index contributed by atoms with van der Waals surface area (Å²) in [5.74, 6) is 1.65. The molecule has 0 saturated carbocycles. The van der Waals surface area contributed by atoms with Crippen LogP contribution >= 0.6 is 0 Å². The van der Waals surface area contributed by atoms with E-state index in [0.29, 0.717) is 6.61 Å². The predicted molar refractivity (Wildman–Crippen MR) is 170 cm³/mol. The zero-order valence-corrected chi connectivity index (χ0v) is 26.3. The topological polar surface area (TPSA) is 36.9 Å². The second-order valence-corrected chi connectivity index (χ2v) is 16.0. The highest BCUT2D eigenvalue weighted by Gasteiger charge is 2.52. The highest BCUT2D eigenvalue weighted by molar-refractivity contribution is 7.00. The van der Waals surface area contributed by atoms with E-state index in [1.807, 2.05) is 26.0 Å². The number of hydrogen-bond donors (Lipinski definition) is 0. The molecule has 3 rings (SSSR count). The van der Waals surface area contributed by atoms with E-state index in [0.717, 1.165) is 29.0 Å². The molecule has 3 aromatic rings. The minimum Gasteiger partial charge on any atom is -0.534 e. The molecule has 0 spiro atoms. The summed E-state index contributed by atoms with van der Waals surface area (Å²) in [4.78, 5) is 0. The van der Waals surface area contributed by atoms with Gasteiger partial charge in [0.25, 0.3) is 0 Å². The van der Waals surface area contributed by atoms with Crippen molar-refractivity contribution in [2.24, 2.45) is 0 Å². The zero-order chi connectivity index (χ0) is 29.4. The maximum absolute atomic E-state index is 7.44. The molecule has 3 aromatic carbocycles. The van der Waals surface area contributed by atoms with E-state index in [2.05, 4.69) is 114 Å². The molecule has 0 radical (unpaired) electrons. The summed E-state index contributed by atoms with van der Waals surface area (Å²) in [5.41, 5.74) is 1.49. The molecule has 0 aromatic heterocycles. The standard InChI is InChI=1S/C35H46O4Si/c1-10-28(22-23-37-26-36-9)31-25-32(27(3)24-33(31)38-35(7,8)11-2)39-40(34(4,5)6,29-18-14-12-15-19-29)30-20-16-13-17-21-30/h10-21,24-25,28H,1-2,22-23,26H2,3-9H3/t28-/m1/s1. The van der Waals surface area contributed by atoms with Gasteiger partial charge in [0.05, 0.1) is 6.61 Å². The summed E-state index contributed by atoms with van der Waals surface area (Å²) < 4.78 is 24.7. The fraction of sp³-hybridized carbons (Fsp3) is 0.371. The van der Waals surface area contributed by atoms with Crippen molar-refractivity contribution in [3.63, 3.8) is 0 Å². The Balaban J connectivity index is 2.23. The van der Waals surface area contributed by atoms with Crippen molar-refractivity contribution in [2.75, 3.05) is 20.5 Å². The lowest BCUT2D eigenvalue weighted by atomic mass is 9.93. The SMILES string of the molecule is C=C[C@H](CCOCOC)c1cc(O[Si](c2ccccc2)(c2ccccc2)C(C)(C)C)c(C)cc1OC(C)(C)C=C. The first-order valence-electron chi connectivity index (χ1n) is 14.0. The molecule has 214 valence electrons. The van der Waals surface area contributed by atoms with E-state index in [1.165, 1.54) is 10.4 Å². The van der Waals surface area contributed by atoms with Crippen molar-refractivity contribution in [2.45, 2.75) is 64.5 Å². The average Bonchev–Trinajstić information content (AvgIpc) is 2.93. The van der Waals surface area contributed by atoms with Crippen LogP contribution < -0.4 is 19.5 Å². The molecule has 0 aliphatic heterocycles. The van der Waals surface area contributed by atoms with Crippen molar-refractivity contribution in [3.05, 3.63) is 109 Å². The lowest BCUT2D eigenvalue weighted by Crippen LogP contribution is -2.68. The molecular weight excluding hydrogens is 512 g/mol. The van der Waals surface area contributed by atoms with Gasteiger partial charge in [0.1, 0.15) is 23.9 Å². The lowest BCUT2D eigenvalue weighted by molar-refractivity contribution is -0.0318. The van der Waals surface area contributed by atoms with Gasteiger partial charge >= 0.3 is 8.32 Å². The van der Waals surface area contributed by atoms with Gasteiger partial charge in [-0.15, -0.1) is 6.58 Å². The van der Waals surface area contributed by atoms with Crippen molar-refractivity contribution in [1.82, 2.24) is 0 Å². The number of benzene rings is 3. The Morgan fingerprint density at radius 3 is 1.90 bits per heavy atom. The summed E-state index contributed by atoms with van der Waals surface area (Å²) in [7, 11) is -1.19. The molecule has 40 heavy (non-hydrogen) atoms. The Kier molecular flexibility index (Phi) is 10.6. The van der Waals surface area contributed by atoms with Crippen LogP contribution in [0.1, 0.15) is 58.1 Å². The Morgan fingerprint density at radius 2 is 1.43 bits per heavy atom. The number of allylic oxidation sites excluding steroid dienone is 1. The largest absolute Gasteiger partial charge is 0.534 e. The molecule has 0 bridgehead atoms. The normalized spacial score (nSPS) is 13.0. The van der Waals surface area contributed by atoms with Crippen molar-refractivity contribution in [1.29, 1.82) is 0 Å². The van der Waals surface area contributed by atoms with Crippen LogP contribution in [0.25, 0.3) is 0 Å². The molecule has 0 heterocycles. The van der Waals surface area contributed by atoms with Crippen molar-refractivity contribution in [3.8, 4) is 11.5 Å². The number of hydrogen-bond acceptors (Lipinski definition) is 4. The smallest absolute Gasteiger partial charge is 0.319 e. The second-order valence-electron chi connectivity index (χ2n) is 11.8. The highest BCUT2D eigenvalue weighted by Crippen LogP contribution is 2.42. The van der Waals surface area contributed by atoms with Gasteiger partial charge in [-0.2, -0.15) is 0 Å². The Morgan fingerprint density at radius 1 is 0.850 bits per heavy atom. The van der Waals surface area contributed by atoms with Gasteiger partial charge in [-0.3, -0.25) is 0 Å². The summed E-state index contributed by atoms with van der Waals surface area (Å²) >= 11 is 0. The Hall–Kier alpha value is -3.12. The van der Waals surface area contributed by atoms with Gasteiger partial charge < -0.3 is 18.6 Å². The zero-order valence-electron chi connectivity index (χ0n) is 25.3. The van der Waals surface area contributed by atoms with E-state index < -0.39 is 13.9 Å². The highest BCUT2D eigenvalue weighted by atomic mass is 28.4. The molecular formula is C35H46O4Si. The fourth-order valence-electron chi connectivity index (χ4n) is 5.06. The monoisotopic (exact) mass is 558 g/mol. The molecule has 0 aliphatic rings. The third-order valence-electron chi connectivity index (χ3n) is 7.31. The molecule has 1 atom stereocenters. The third kappa shape index (κ3) is 7.14. The summed E-state index contributed by atoms with van der Waals surface area (Å²) in [6.07, 6.45) is 4.52. The second kappa shape index (κ2) is 13.5. The van der Waals surface area contributed by atoms with Crippen LogP contribution in [-0.4, -0.2) is 34.4 Å². The Labute approximate surface area is 242 Å². The molecule has 0 amide bonds. The summed E-state index contributed by atoms with van der Waals surface area (Å²) in [6, 6.07) is 25.7. The maximum Gasteiger partial charge on any atom is 0.319 e. The molecule has 4 nitrogen and oxygen atoms in total. The first kappa shape index (κ1) is 31.4. The van der Waals surface area contributed by atoms with Crippen LogP contribution in [0.4, 0.5) is 0 Å². The number of methoxy groups -OCH3 is 1. The van der Waals surface area contributed by atoms with Crippen molar-refractivity contribution < 1.29 is 18.6 Å². The van der Waals surface area contributed by atoms with Gasteiger partial charge in [0.2, 0.25) is 0 Å². The van der Waals surface area contributed by atoms with Crippen LogP contribution in [0, 0.1) is 6.92 Å². The van der Waals surface area contributed by atoms with E-state index in [9.17, 15) is 0 Å². The van der Waals surface area contributed by atoms with Crippen LogP contribution in [-0.2, 0) is 9.47 Å². The van der Waals surface area contributed by atoms with Gasteiger partial charge in [0, 0.05) is 18.6 Å². The summed E-state index contributed by atoms with van der Waals surface area (Å²) in [5, 5.41) is 2.31. The van der Waals surface area contributed by atoms with Gasteiger partial charge in [0.15, 0.2) is 0 Å². The van der Waals surface area contributed by atoms with E-state index in [-0.39, 0.29) is 17.7 Å². The van der Waals surface area contributed by atoms with Crippen LogP contribution in [0.3, 0.4) is 0 Å². The van der Waals surface area contributed by atoms with E-state index in [1.54, 1.807) is 7.11 Å². The molecule has 0 fully saturated rings. The number of aryl methyl sites for hydroxylation is 1. The summed E-state index contributed by atoms with van der Waals surface area (Å²) in [6.45, 7) is 21.9. The number of ether oxygens (including phenoxy) is 3. The third-order valence-corrected chi connectivity index (χ3v) is 12.2. The minimum atomic E-state index is -2.82. The van der Waals surface area contributed by atoms with Crippen LogP contribution in [0.2, 0.25) is 5.04 Å². The number of rotatable bonds is 14. The van der Waals surface area contributed by atoms with Gasteiger partial charge in [-0.05, 0) is 66.4 Å². The first-order chi connectivity index (χ1) is 19.0. The Bertz CT molecular complexity index is 1210. The molecule has 0 aliphatic carbocycles. The average molecular weight is 559 g/mol. The van der Waals surface area contributed by atoms with E-state index in [4.69, 9.17) is 18.6 Å². The fourth-order valence-corrected chi connectivity index (χ4v) is 9.54. The molecule has 0 N–H and O–H groups in total. The molecule has 5 heteroatoms. The van der Waals surface area contributed by atoms with E-state index >= 15 is 0 Å². The van der Waals surface area contributed by atoms with Gasteiger partial charge in [-0.25, -0.2) is 0 Å². The predicted octanol–water partition coefficient (Wildman–Crippen LogP) is 7.56. The van der Waals surface area contributed by atoms with Crippen LogP contribution in [0.5, 0.6) is 11.5 Å². The minimum absolute atomic E-state index is 0.00502. The molecule has 0 unspecified atom stereocenters. The first-order valence-corrected chi connectivity index (χ1v) is 15.9. The quantitative estimate of drug-likeness (QED) is 0.0886. The van der Waals surface area contributed by atoms with Crippen molar-refractivity contribution >= 4 is 18.7 Å². The van der Waals surface area contributed by atoms with Crippen LogP contribution in [0.15, 0.2) is 98.1 Å². The maximum atomic E-state index is 7.44. The van der Waals surface area contributed by atoms with Gasteiger partial charge in [-0.1, -0.05) is 94.1 Å². The lowest BCUT2D eigenvalue weighted by Gasteiger charge is -2.43.